The van der Waals surface area contributed by atoms with Crippen molar-refractivity contribution in [3.05, 3.63) is 29.3 Å². The van der Waals surface area contributed by atoms with Crippen molar-refractivity contribution in [3.63, 3.8) is 0 Å². The molecule has 0 radical (unpaired) electrons. The van der Waals surface area contributed by atoms with Gasteiger partial charge in [-0.2, -0.15) is 0 Å². The summed E-state index contributed by atoms with van der Waals surface area (Å²) in [4.78, 5) is 15.3. The van der Waals surface area contributed by atoms with Crippen molar-refractivity contribution in [2.45, 2.75) is 36.0 Å². The average molecular weight is 299 g/mol. The summed E-state index contributed by atoms with van der Waals surface area (Å²) in [5, 5.41) is 0.642. The Labute approximate surface area is 123 Å². The topological polar surface area (TPSA) is 46.3 Å². The van der Waals surface area contributed by atoms with E-state index in [2.05, 4.69) is 0 Å². The molecule has 1 aliphatic heterocycles. The minimum Gasteiger partial charge on any atom is -0.342 e. The van der Waals surface area contributed by atoms with Crippen LogP contribution in [0.3, 0.4) is 0 Å². The standard InChI is InChI=1S/C14H19ClN2OS/c1-10(19-13-4-2-11(15)3-5-13)14(18)17-8-6-12(16)7-9-17/h2-5,10,12H,6-9,16H2,1H3. The van der Waals surface area contributed by atoms with Gasteiger partial charge >= 0.3 is 0 Å². The molecule has 1 saturated heterocycles. The molecule has 0 aromatic heterocycles. The van der Waals surface area contributed by atoms with Crippen LogP contribution in [-0.4, -0.2) is 35.2 Å². The molecular weight excluding hydrogens is 280 g/mol. The van der Waals surface area contributed by atoms with Crippen LogP contribution in [0.5, 0.6) is 0 Å². The molecule has 104 valence electrons. The van der Waals surface area contributed by atoms with E-state index in [1.807, 2.05) is 36.1 Å². The molecule has 2 N–H and O–H groups in total. The summed E-state index contributed by atoms with van der Waals surface area (Å²) in [6.07, 6.45) is 1.81. The van der Waals surface area contributed by atoms with Gasteiger partial charge in [-0.25, -0.2) is 0 Å². The number of likely N-dealkylation sites (tertiary alicyclic amines) is 1. The minimum absolute atomic E-state index is 0.0736. The third-order valence-electron chi connectivity index (χ3n) is 3.33. The van der Waals surface area contributed by atoms with Gasteiger partial charge in [0.2, 0.25) is 5.91 Å². The van der Waals surface area contributed by atoms with Gasteiger partial charge in [0.1, 0.15) is 0 Å². The van der Waals surface area contributed by atoms with Crippen molar-refractivity contribution in [1.82, 2.24) is 4.90 Å². The highest BCUT2D eigenvalue weighted by atomic mass is 35.5. The predicted octanol–water partition coefficient (Wildman–Crippen LogP) is 2.77. The van der Waals surface area contributed by atoms with Crippen molar-refractivity contribution in [1.29, 1.82) is 0 Å². The van der Waals surface area contributed by atoms with E-state index in [0.29, 0.717) is 5.02 Å². The molecule has 2 rings (SSSR count). The van der Waals surface area contributed by atoms with E-state index in [4.69, 9.17) is 17.3 Å². The summed E-state index contributed by atoms with van der Waals surface area (Å²) < 4.78 is 0. The Bertz CT molecular complexity index is 430. The number of halogens is 1. The van der Waals surface area contributed by atoms with Crippen LogP contribution in [0.4, 0.5) is 0 Å². The lowest BCUT2D eigenvalue weighted by molar-refractivity contribution is -0.131. The third kappa shape index (κ3) is 4.13. The second-order valence-electron chi connectivity index (χ2n) is 4.88. The summed E-state index contributed by atoms with van der Waals surface area (Å²) in [5.41, 5.74) is 5.86. The highest BCUT2D eigenvalue weighted by molar-refractivity contribution is 8.00. The number of carbonyl (C=O) groups is 1. The van der Waals surface area contributed by atoms with Crippen LogP contribution in [0.25, 0.3) is 0 Å². The maximum absolute atomic E-state index is 12.3. The van der Waals surface area contributed by atoms with Gasteiger partial charge in [-0.05, 0) is 44.0 Å². The van der Waals surface area contributed by atoms with Gasteiger partial charge in [0.25, 0.3) is 0 Å². The molecule has 5 heteroatoms. The van der Waals surface area contributed by atoms with E-state index < -0.39 is 0 Å². The zero-order chi connectivity index (χ0) is 13.8. The first-order chi connectivity index (χ1) is 9.06. The lowest BCUT2D eigenvalue weighted by Gasteiger charge is -2.31. The fourth-order valence-corrected chi connectivity index (χ4v) is 3.22. The van der Waals surface area contributed by atoms with Crippen LogP contribution in [0.15, 0.2) is 29.2 Å². The molecule has 1 aromatic rings. The van der Waals surface area contributed by atoms with E-state index in [1.165, 1.54) is 0 Å². The smallest absolute Gasteiger partial charge is 0.235 e. The third-order valence-corrected chi connectivity index (χ3v) is 4.68. The Kier molecular flexibility index (Phi) is 5.13. The van der Waals surface area contributed by atoms with Crippen LogP contribution < -0.4 is 5.73 Å². The summed E-state index contributed by atoms with van der Waals surface area (Å²) in [6, 6.07) is 7.84. The second kappa shape index (κ2) is 6.64. The lowest BCUT2D eigenvalue weighted by Crippen LogP contribution is -2.45. The van der Waals surface area contributed by atoms with Crippen LogP contribution in [0.2, 0.25) is 5.02 Å². The van der Waals surface area contributed by atoms with Crippen molar-refractivity contribution in [2.24, 2.45) is 5.73 Å². The summed E-state index contributed by atoms with van der Waals surface area (Å²) in [5.74, 6) is 0.201. The highest BCUT2D eigenvalue weighted by Gasteiger charge is 2.25. The normalized spacial score (nSPS) is 18.4. The molecule has 1 atom stereocenters. The molecule has 19 heavy (non-hydrogen) atoms. The number of nitrogens with two attached hydrogens (primary N) is 1. The van der Waals surface area contributed by atoms with Gasteiger partial charge in [-0.15, -0.1) is 11.8 Å². The zero-order valence-electron chi connectivity index (χ0n) is 11.0. The van der Waals surface area contributed by atoms with E-state index in [0.717, 1.165) is 30.8 Å². The Hall–Kier alpha value is -0.710. The maximum Gasteiger partial charge on any atom is 0.235 e. The van der Waals surface area contributed by atoms with Gasteiger partial charge in [0.05, 0.1) is 5.25 Å². The number of hydrogen-bond acceptors (Lipinski definition) is 3. The maximum atomic E-state index is 12.3. The Balaban J connectivity index is 1.90. The minimum atomic E-state index is -0.0736. The van der Waals surface area contributed by atoms with Gasteiger partial charge in [0.15, 0.2) is 0 Å². The number of hydrogen-bond donors (Lipinski definition) is 1. The van der Waals surface area contributed by atoms with E-state index in [-0.39, 0.29) is 17.2 Å². The summed E-state index contributed by atoms with van der Waals surface area (Å²) in [6.45, 7) is 3.52. The Morgan fingerprint density at radius 2 is 1.95 bits per heavy atom. The van der Waals surface area contributed by atoms with Crippen molar-refractivity contribution in [3.8, 4) is 0 Å². The molecule has 0 bridgehead atoms. The molecular formula is C14H19ClN2OS. The van der Waals surface area contributed by atoms with Crippen LogP contribution >= 0.6 is 23.4 Å². The largest absolute Gasteiger partial charge is 0.342 e. The molecule has 1 amide bonds. The number of thioether (sulfide) groups is 1. The SMILES string of the molecule is CC(Sc1ccc(Cl)cc1)C(=O)N1CCC(N)CC1. The van der Waals surface area contributed by atoms with Gasteiger partial charge < -0.3 is 10.6 Å². The monoisotopic (exact) mass is 298 g/mol. The summed E-state index contributed by atoms with van der Waals surface area (Å²) >= 11 is 7.42. The lowest BCUT2D eigenvalue weighted by atomic mass is 10.1. The molecule has 1 aliphatic rings. The van der Waals surface area contributed by atoms with E-state index >= 15 is 0 Å². The second-order valence-corrected chi connectivity index (χ2v) is 6.73. The molecule has 0 spiro atoms. The average Bonchev–Trinajstić information content (AvgIpc) is 2.41. The number of benzene rings is 1. The molecule has 1 fully saturated rings. The highest BCUT2D eigenvalue weighted by Crippen LogP contribution is 2.26. The first-order valence-electron chi connectivity index (χ1n) is 6.53. The van der Waals surface area contributed by atoms with Crippen molar-refractivity contribution >= 4 is 29.3 Å². The van der Waals surface area contributed by atoms with Gasteiger partial charge in [-0.3, -0.25) is 4.79 Å². The number of rotatable bonds is 3. The molecule has 1 unspecified atom stereocenters. The molecule has 0 saturated carbocycles. The van der Waals surface area contributed by atoms with E-state index in [9.17, 15) is 4.79 Å². The van der Waals surface area contributed by atoms with Gasteiger partial charge in [0, 0.05) is 29.0 Å². The number of piperidine rings is 1. The summed E-state index contributed by atoms with van der Waals surface area (Å²) in [7, 11) is 0. The first kappa shape index (κ1) is 14.7. The van der Waals surface area contributed by atoms with Crippen LogP contribution in [-0.2, 0) is 4.79 Å². The van der Waals surface area contributed by atoms with Crippen molar-refractivity contribution < 1.29 is 4.79 Å². The van der Waals surface area contributed by atoms with Crippen LogP contribution in [0.1, 0.15) is 19.8 Å². The Morgan fingerprint density at radius 3 is 2.53 bits per heavy atom. The zero-order valence-corrected chi connectivity index (χ0v) is 12.6. The number of nitrogens with zero attached hydrogens (tertiary/aromatic N) is 1. The fourth-order valence-electron chi connectivity index (χ4n) is 2.14. The predicted molar refractivity (Wildman–Crippen MR) is 80.6 cm³/mol. The number of amides is 1. The fraction of sp³-hybridized carbons (Fsp3) is 0.500. The van der Waals surface area contributed by atoms with Gasteiger partial charge in [-0.1, -0.05) is 11.6 Å². The quantitative estimate of drug-likeness (QED) is 0.873. The molecule has 3 nitrogen and oxygen atoms in total. The van der Waals surface area contributed by atoms with Crippen molar-refractivity contribution in [2.75, 3.05) is 13.1 Å². The number of carbonyl (C=O) groups excluding carboxylic acids is 1. The van der Waals surface area contributed by atoms with Crippen LogP contribution in [0, 0.1) is 0 Å². The molecule has 1 heterocycles. The molecule has 1 aromatic carbocycles. The first-order valence-corrected chi connectivity index (χ1v) is 7.78. The van der Waals surface area contributed by atoms with E-state index in [1.54, 1.807) is 11.8 Å². The Morgan fingerprint density at radius 1 is 1.37 bits per heavy atom. The molecule has 0 aliphatic carbocycles.